The molecule has 1 aliphatic heterocycles. The summed E-state index contributed by atoms with van der Waals surface area (Å²) >= 11 is 6.08. The highest BCUT2D eigenvalue weighted by Crippen LogP contribution is 2.33. The number of anilines is 1. The SMILES string of the molecule is Cc1cc(C)n(C[C@H](C)CNC(=O)CN2CCOc3ccc(Cl)cc32)n1. The summed E-state index contributed by atoms with van der Waals surface area (Å²) in [6.45, 7) is 9.08. The Morgan fingerprint density at radius 1 is 1.38 bits per heavy atom. The Morgan fingerprint density at radius 3 is 2.92 bits per heavy atom. The Balaban J connectivity index is 1.52. The average Bonchev–Trinajstić information content (AvgIpc) is 2.91. The smallest absolute Gasteiger partial charge is 0.239 e. The van der Waals surface area contributed by atoms with Crippen LogP contribution in [0.15, 0.2) is 24.3 Å². The molecule has 0 saturated heterocycles. The van der Waals surface area contributed by atoms with Gasteiger partial charge in [0.05, 0.1) is 24.5 Å². The highest BCUT2D eigenvalue weighted by atomic mass is 35.5. The number of fused-ring (bicyclic) bond motifs is 1. The van der Waals surface area contributed by atoms with Crippen molar-refractivity contribution in [3.05, 3.63) is 40.7 Å². The molecule has 0 unspecified atom stereocenters. The zero-order valence-corrected chi connectivity index (χ0v) is 16.2. The van der Waals surface area contributed by atoms with Crippen LogP contribution in [0.4, 0.5) is 5.69 Å². The minimum absolute atomic E-state index is 0.00181. The minimum atomic E-state index is -0.00181. The number of carbonyl (C=O) groups excluding carboxylic acids is 1. The number of aromatic nitrogens is 2. The van der Waals surface area contributed by atoms with E-state index < -0.39 is 0 Å². The summed E-state index contributed by atoms with van der Waals surface area (Å²) in [4.78, 5) is 14.4. The summed E-state index contributed by atoms with van der Waals surface area (Å²) < 4.78 is 7.62. The molecule has 1 aromatic carbocycles. The predicted octanol–water partition coefficient (Wildman–Crippen LogP) is 2.80. The zero-order chi connectivity index (χ0) is 18.7. The van der Waals surface area contributed by atoms with Crippen molar-refractivity contribution in [2.24, 2.45) is 5.92 Å². The van der Waals surface area contributed by atoms with Crippen LogP contribution in [0.25, 0.3) is 0 Å². The molecule has 2 aromatic rings. The molecular weight excluding hydrogens is 352 g/mol. The van der Waals surface area contributed by atoms with Gasteiger partial charge < -0.3 is 15.0 Å². The van der Waals surface area contributed by atoms with Crippen molar-refractivity contribution in [3.8, 4) is 5.75 Å². The Bertz CT molecular complexity index is 790. The molecule has 1 aliphatic rings. The predicted molar refractivity (Wildman–Crippen MR) is 103 cm³/mol. The second-order valence-corrected chi connectivity index (χ2v) is 7.34. The lowest BCUT2D eigenvalue weighted by molar-refractivity contribution is -0.120. The minimum Gasteiger partial charge on any atom is -0.490 e. The fourth-order valence-corrected chi connectivity index (χ4v) is 3.31. The maximum Gasteiger partial charge on any atom is 0.239 e. The van der Waals surface area contributed by atoms with Crippen LogP contribution in [0.3, 0.4) is 0 Å². The van der Waals surface area contributed by atoms with Crippen molar-refractivity contribution in [3.63, 3.8) is 0 Å². The molecule has 140 valence electrons. The second kappa shape index (κ2) is 7.99. The van der Waals surface area contributed by atoms with Gasteiger partial charge in [0.15, 0.2) is 0 Å². The number of benzene rings is 1. The summed E-state index contributed by atoms with van der Waals surface area (Å²) in [5.41, 5.74) is 3.03. The second-order valence-electron chi connectivity index (χ2n) is 6.90. The van der Waals surface area contributed by atoms with Gasteiger partial charge in [-0.2, -0.15) is 5.10 Å². The largest absolute Gasteiger partial charge is 0.490 e. The first-order valence-corrected chi connectivity index (χ1v) is 9.25. The maximum atomic E-state index is 12.4. The van der Waals surface area contributed by atoms with Gasteiger partial charge in [0.25, 0.3) is 0 Å². The number of nitrogens with zero attached hydrogens (tertiary/aromatic N) is 3. The fraction of sp³-hybridized carbons (Fsp3) is 0.474. The van der Waals surface area contributed by atoms with Crippen LogP contribution in [0.2, 0.25) is 5.02 Å². The maximum absolute atomic E-state index is 12.4. The lowest BCUT2D eigenvalue weighted by Gasteiger charge is -2.31. The number of hydrogen-bond acceptors (Lipinski definition) is 4. The van der Waals surface area contributed by atoms with E-state index in [-0.39, 0.29) is 5.91 Å². The quantitative estimate of drug-likeness (QED) is 0.842. The molecule has 1 atom stereocenters. The van der Waals surface area contributed by atoms with Gasteiger partial charge in [-0.25, -0.2) is 0 Å². The van der Waals surface area contributed by atoms with Crippen LogP contribution < -0.4 is 15.0 Å². The monoisotopic (exact) mass is 376 g/mol. The number of carbonyl (C=O) groups is 1. The van der Waals surface area contributed by atoms with Gasteiger partial charge in [0.2, 0.25) is 5.91 Å². The summed E-state index contributed by atoms with van der Waals surface area (Å²) in [7, 11) is 0. The van der Waals surface area contributed by atoms with Gasteiger partial charge in [-0.3, -0.25) is 9.48 Å². The van der Waals surface area contributed by atoms with Crippen molar-refractivity contribution in [2.75, 3.05) is 31.1 Å². The Kier molecular flexibility index (Phi) is 5.71. The number of amides is 1. The molecule has 1 amide bonds. The van der Waals surface area contributed by atoms with Gasteiger partial charge in [-0.1, -0.05) is 18.5 Å². The lowest BCUT2D eigenvalue weighted by atomic mass is 10.2. The zero-order valence-electron chi connectivity index (χ0n) is 15.5. The van der Waals surface area contributed by atoms with E-state index in [1.807, 2.05) is 35.6 Å². The molecule has 6 nitrogen and oxygen atoms in total. The summed E-state index contributed by atoms with van der Waals surface area (Å²) in [5.74, 6) is 1.06. The third kappa shape index (κ3) is 4.49. The van der Waals surface area contributed by atoms with E-state index in [1.54, 1.807) is 6.07 Å². The van der Waals surface area contributed by atoms with Crippen molar-refractivity contribution < 1.29 is 9.53 Å². The van der Waals surface area contributed by atoms with E-state index in [1.165, 1.54) is 0 Å². The van der Waals surface area contributed by atoms with Crippen LogP contribution >= 0.6 is 11.6 Å². The molecule has 0 spiro atoms. The molecule has 0 bridgehead atoms. The van der Waals surface area contributed by atoms with Crippen LogP contribution in [0.5, 0.6) is 5.75 Å². The van der Waals surface area contributed by atoms with Crippen molar-refractivity contribution >= 4 is 23.2 Å². The molecule has 1 aromatic heterocycles. The number of rotatable bonds is 6. The van der Waals surface area contributed by atoms with Crippen LogP contribution in [0, 0.1) is 19.8 Å². The number of nitrogens with one attached hydrogen (secondary N) is 1. The molecule has 2 heterocycles. The van der Waals surface area contributed by atoms with Crippen molar-refractivity contribution in [2.45, 2.75) is 27.3 Å². The van der Waals surface area contributed by atoms with E-state index in [9.17, 15) is 4.79 Å². The normalized spacial score (nSPS) is 14.5. The first kappa shape index (κ1) is 18.6. The Hall–Kier alpha value is -2.21. The van der Waals surface area contributed by atoms with E-state index in [2.05, 4.69) is 23.4 Å². The average molecular weight is 377 g/mol. The fourth-order valence-electron chi connectivity index (χ4n) is 3.15. The summed E-state index contributed by atoms with van der Waals surface area (Å²) in [5, 5.41) is 8.14. The van der Waals surface area contributed by atoms with E-state index in [0.717, 1.165) is 29.4 Å². The van der Waals surface area contributed by atoms with Crippen LogP contribution in [-0.4, -0.2) is 41.9 Å². The third-order valence-electron chi connectivity index (χ3n) is 4.45. The molecule has 0 saturated carbocycles. The van der Waals surface area contributed by atoms with E-state index in [4.69, 9.17) is 16.3 Å². The van der Waals surface area contributed by atoms with Gasteiger partial charge in [0, 0.05) is 23.8 Å². The molecule has 3 rings (SSSR count). The summed E-state index contributed by atoms with van der Waals surface area (Å²) in [6.07, 6.45) is 0. The van der Waals surface area contributed by atoms with Gasteiger partial charge in [-0.15, -0.1) is 0 Å². The number of halogens is 1. The van der Waals surface area contributed by atoms with Crippen LogP contribution in [0.1, 0.15) is 18.3 Å². The van der Waals surface area contributed by atoms with Gasteiger partial charge in [0.1, 0.15) is 12.4 Å². The number of aryl methyl sites for hydroxylation is 2. The molecule has 0 fully saturated rings. The standard InChI is InChI=1S/C19H25ClN4O2/c1-13(11-24-15(3)8-14(2)22-24)10-21-19(25)12-23-6-7-26-18-5-4-16(20)9-17(18)23/h4-5,8-9,13H,6-7,10-12H2,1-3H3,(H,21,25)/t13-/m1/s1. The van der Waals surface area contributed by atoms with Crippen LogP contribution in [-0.2, 0) is 11.3 Å². The molecule has 1 N–H and O–H groups in total. The third-order valence-corrected chi connectivity index (χ3v) is 4.69. The highest BCUT2D eigenvalue weighted by Gasteiger charge is 2.20. The van der Waals surface area contributed by atoms with Gasteiger partial charge in [-0.05, 0) is 44.0 Å². The highest BCUT2D eigenvalue weighted by molar-refractivity contribution is 6.31. The first-order chi connectivity index (χ1) is 12.4. The van der Waals surface area contributed by atoms with E-state index in [0.29, 0.717) is 37.2 Å². The van der Waals surface area contributed by atoms with Gasteiger partial charge >= 0.3 is 0 Å². The lowest BCUT2D eigenvalue weighted by Crippen LogP contribution is -2.42. The molecule has 26 heavy (non-hydrogen) atoms. The number of hydrogen-bond donors (Lipinski definition) is 1. The topological polar surface area (TPSA) is 59.4 Å². The van der Waals surface area contributed by atoms with Crippen molar-refractivity contribution in [1.29, 1.82) is 0 Å². The molecule has 0 radical (unpaired) electrons. The van der Waals surface area contributed by atoms with Crippen molar-refractivity contribution in [1.82, 2.24) is 15.1 Å². The molecular formula is C19H25ClN4O2. The van der Waals surface area contributed by atoms with E-state index >= 15 is 0 Å². The Morgan fingerprint density at radius 2 is 2.19 bits per heavy atom. The summed E-state index contributed by atoms with van der Waals surface area (Å²) in [6, 6.07) is 7.55. The molecule has 7 heteroatoms. The Labute approximate surface area is 159 Å². The number of ether oxygens (including phenoxy) is 1. The molecule has 0 aliphatic carbocycles. The first-order valence-electron chi connectivity index (χ1n) is 8.87.